The first-order valence-corrected chi connectivity index (χ1v) is 7.73. The zero-order valence-corrected chi connectivity index (χ0v) is 13.2. The van der Waals surface area contributed by atoms with Crippen molar-refractivity contribution in [1.29, 1.82) is 0 Å². The highest BCUT2D eigenvalue weighted by atomic mass is 32.2. The Bertz CT molecular complexity index is 565. The fourth-order valence-electron chi connectivity index (χ4n) is 1.47. The van der Waals surface area contributed by atoms with Crippen LogP contribution in [0, 0.1) is 0 Å². The fourth-order valence-corrected chi connectivity index (χ4v) is 2.20. The van der Waals surface area contributed by atoms with Crippen LogP contribution in [-0.4, -0.2) is 32.6 Å². The van der Waals surface area contributed by atoms with E-state index in [1.165, 1.54) is 11.8 Å². The molecule has 0 atom stereocenters. The Morgan fingerprint density at radius 3 is 2.62 bits per heavy atom. The molecule has 2 rings (SSSR count). The minimum absolute atomic E-state index is 0.0187. The van der Waals surface area contributed by atoms with E-state index in [0.29, 0.717) is 17.1 Å². The van der Waals surface area contributed by atoms with Gasteiger partial charge in [-0.2, -0.15) is 15.0 Å². The van der Waals surface area contributed by atoms with Gasteiger partial charge in [-0.05, 0) is 44.2 Å². The van der Waals surface area contributed by atoms with Gasteiger partial charge in [0.1, 0.15) is 0 Å². The van der Waals surface area contributed by atoms with Crippen molar-refractivity contribution in [2.75, 3.05) is 11.9 Å². The van der Waals surface area contributed by atoms with Crippen molar-refractivity contribution < 1.29 is 4.74 Å². The second kappa shape index (κ2) is 7.78. The molecule has 0 fully saturated rings. The minimum Gasteiger partial charge on any atom is -0.461 e. The van der Waals surface area contributed by atoms with Gasteiger partial charge >= 0.3 is 6.01 Å². The lowest BCUT2D eigenvalue weighted by molar-refractivity contribution is 0.219. The summed E-state index contributed by atoms with van der Waals surface area (Å²) in [7, 11) is 0. The molecule has 0 aliphatic heterocycles. The highest BCUT2D eigenvalue weighted by molar-refractivity contribution is 7.99. The summed E-state index contributed by atoms with van der Waals surface area (Å²) < 4.78 is 5.59. The van der Waals surface area contributed by atoms with Gasteiger partial charge in [0.25, 0.3) is 0 Å². The van der Waals surface area contributed by atoms with Gasteiger partial charge in [-0.3, -0.25) is 4.98 Å². The van der Waals surface area contributed by atoms with Crippen LogP contribution in [0.4, 0.5) is 5.95 Å². The summed E-state index contributed by atoms with van der Waals surface area (Å²) in [6.45, 7) is 6.79. The number of hydrogen-bond acceptors (Lipinski definition) is 7. The summed E-state index contributed by atoms with van der Waals surface area (Å²) in [6, 6.07) is 4.17. The van der Waals surface area contributed by atoms with Crippen LogP contribution in [-0.2, 0) is 0 Å². The van der Waals surface area contributed by atoms with E-state index >= 15 is 0 Å². The molecule has 0 radical (unpaired) electrons. The molecule has 2 heterocycles. The summed E-state index contributed by atoms with van der Waals surface area (Å²) in [5, 5.41) is 3.77. The van der Waals surface area contributed by atoms with Gasteiger partial charge in [-0.1, -0.05) is 6.92 Å². The number of nitrogens with one attached hydrogen (secondary N) is 1. The van der Waals surface area contributed by atoms with Crippen LogP contribution in [0.3, 0.4) is 0 Å². The molecule has 0 saturated heterocycles. The van der Waals surface area contributed by atoms with E-state index in [0.717, 1.165) is 17.9 Å². The SMILES string of the molecule is CCCNc1nc(OC(C)C)nc(Sc2ccncc2)n1. The van der Waals surface area contributed by atoms with Gasteiger partial charge in [0.2, 0.25) is 11.1 Å². The van der Waals surface area contributed by atoms with Crippen molar-refractivity contribution in [3.05, 3.63) is 24.5 Å². The molecule has 0 amide bonds. The number of hydrogen-bond donors (Lipinski definition) is 1. The molecule has 6 nitrogen and oxygen atoms in total. The Kier molecular flexibility index (Phi) is 5.74. The van der Waals surface area contributed by atoms with Crippen LogP contribution in [0.2, 0.25) is 0 Å². The Balaban J connectivity index is 2.21. The summed E-state index contributed by atoms with van der Waals surface area (Å²) >= 11 is 1.45. The topological polar surface area (TPSA) is 72.8 Å². The second-order valence-corrected chi connectivity index (χ2v) is 5.64. The molecule has 2 aromatic heterocycles. The average molecular weight is 305 g/mol. The standard InChI is InChI=1S/C14H19N5OS/c1-4-7-16-12-17-13(20-10(2)3)19-14(18-12)21-11-5-8-15-9-6-11/h5-6,8-10H,4,7H2,1-3H3,(H,16,17,18,19). The average Bonchev–Trinajstić information content (AvgIpc) is 2.45. The van der Waals surface area contributed by atoms with E-state index in [9.17, 15) is 0 Å². The molecular weight excluding hydrogens is 286 g/mol. The highest BCUT2D eigenvalue weighted by Gasteiger charge is 2.10. The number of pyridine rings is 1. The normalized spacial score (nSPS) is 10.7. The molecule has 0 unspecified atom stereocenters. The quantitative estimate of drug-likeness (QED) is 0.842. The van der Waals surface area contributed by atoms with Crippen molar-refractivity contribution >= 4 is 17.7 Å². The zero-order valence-electron chi connectivity index (χ0n) is 12.4. The van der Waals surface area contributed by atoms with E-state index < -0.39 is 0 Å². The van der Waals surface area contributed by atoms with E-state index in [-0.39, 0.29) is 6.10 Å². The molecule has 2 aromatic rings. The molecule has 0 spiro atoms. The summed E-state index contributed by atoms with van der Waals surface area (Å²) in [4.78, 5) is 18.0. The maximum atomic E-state index is 5.59. The monoisotopic (exact) mass is 305 g/mol. The third-order valence-electron chi connectivity index (χ3n) is 2.33. The third-order valence-corrected chi connectivity index (χ3v) is 3.20. The molecule has 0 aromatic carbocycles. The van der Waals surface area contributed by atoms with Crippen LogP contribution in [0.1, 0.15) is 27.2 Å². The Morgan fingerprint density at radius 1 is 1.19 bits per heavy atom. The highest BCUT2D eigenvalue weighted by Crippen LogP contribution is 2.25. The van der Waals surface area contributed by atoms with Crippen LogP contribution in [0.15, 0.2) is 34.6 Å². The zero-order chi connectivity index (χ0) is 15.1. The molecule has 0 aliphatic carbocycles. The van der Waals surface area contributed by atoms with Crippen molar-refractivity contribution in [1.82, 2.24) is 19.9 Å². The van der Waals surface area contributed by atoms with Crippen molar-refractivity contribution in [3.63, 3.8) is 0 Å². The smallest absolute Gasteiger partial charge is 0.322 e. The van der Waals surface area contributed by atoms with Crippen LogP contribution in [0.5, 0.6) is 6.01 Å². The van der Waals surface area contributed by atoms with E-state index in [4.69, 9.17) is 4.74 Å². The molecule has 21 heavy (non-hydrogen) atoms. The van der Waals surface area contributed by atoms with Crippen molar-refractivity contribution in [3.8, 4) is 6.01 Å². The predicted octanol–water partition coefficient (Wildman–Crippen LogP) is 3.03. The Morgan fingerprint density at radius 2 is 1.95 bits per heavy atom. The number of ether oxygens (including phenoxy) is 1. The number of nitrogens with zero attached hydrogens (tertiary/aromatic N) is 4. The molecule has 0 saturated carbocycles. The maximum Gasteiger partial charge on any atom is 0.322 e. The van der Waals surface area contributed by atoms with Crippen LogP contribution >= 0.6 is 11.8 Å². The first kappa shape index (κ1) is 15.5. The number of aromatic nitrogens is 4. The largest absolute Gasteiger partial charge is 0.461 e. The van der Waals surface area contributed by atoms with Gasteiger partial charge in [0, 0.05) is 23.8 Å². The first-order valence-electron chi connectivity index (χ1n) is 6.92. The van der Waals surface area contributed by atoms with Gasteiger partial charge in [-0.25, -0.2) is 0 Å². The lowest BCUT2D eigenvalue weighted by Gasteiger charge is -2.10. The molecule has 0 bridgehead atoms. The summed E-state index contributed by atoms with van der Waals surface area (Å²) in [5.74, 6) is 0.541. The Labute approximate surface area is 128 Å². The summed E-state index contributed by atoms with van der Waals surface area (Å²) in [5.41, 5.74) is 0. The van der Waals surface area contributed by atoms with E-state index in [2.05, 4.69) is 32.2 Å². The fraction of sp³-hybridized carbons (Fsp3) is 0.429. The molecule has 0 aliphatic rings. The van der Waals surface area contributed by atoms with Gasteiger partial charge in [0.15, 0.2) is 0 Å². The van der Waals surface area contributed by atoms with Gasteiger partial charge in [0.05, 0.1) is 6.10 Å². The van der Waals surface area contributed by atoms with Crippen molar-refractivity contribution in [2.24, 2.45) is 0 Å². The lowest BCUT2D eigenvalue weighted by atomic mass is 10.5. The van der Waals surface area contributed by atoms with Crippen LogP contribution < -0.4 is 10.1 Å². The van der Waals surface area contributed by atoms with E-state index in [1.807, 2.05) is 26.0 Å². The van der Waals surface area contributed by atoms with Gasteiger partial charge in [-0.15, -0.1) is 0 Å². The molecular formula is C14H19N5OS. The lowest BCUT2D eigenvalue weighted by Crippen LogP contribution is -2.12. The van der Waals surface area contributed by atoms with Crippen LogP contribution in [0.25, 0.3) is 0 Å². The number of anilines is 1. The third kappa shape index (κ3) is 5.18. The van der Waals surface area contributed by atoms with E-state index in [1.54, 1.807) is 12.4 Å². The van der Waals surface area contributed by atoms with Crippen molar-refractivity contribution in [2.45, 2.75) is 43.3 Å². The predicted molar refractivity (Wildman–Crippen MR) is 82.7 cm³/mol. The first-order chi connectivity index (χ1) is 10.2. The molecule has 7 heteroatoms. The number of rotatable bonds is 7. The Hall–Kier alpha value is -1.89. The second-order valence-electron chi connectivity index (χ2n) is 4.60. The molecule has 1 N–H and O–H groups in total. The molecule has 112 valence electrons. The summed E-state index contributed by atoms with van der Waals surface area (Å²) in [6.07, 6.45) is 4.50. The minimum atomic E-state index is 0.0187. The maximum absolute atomic E-state index is 5.59. The van der Waals surface area contributed by atoms with Gasteiger partial charge < -0.3 is 10.1 Å².